The topological polar surface area (TPSA) is 45.2 Å². The van der Waals surface area contributed by atoms with Gasteiger partial charge in [-0.05, 0) is 18.2 Å². The predicted octanol–water partition coefficient (Wildman–Crippen LogP) is 1.42. The van der Waals surface area contributed by atoms with Crippen LogP contribution in [0.25, 0.3) is 10.9 Å². The van der Waals surface area contributed by atoms with E-state index in [4.69, 9.17) is 0 Å². The van der Waals surface area contributed by atoms with E-state index in [1.54, 1.807) is 7.05 Å². The van der Waals surface area contributed by atoms with Crippen molar-refractivity contribution in [1.82, 2.24) is 10.3 Å². The molecule has 1 amide bonds. The molecule has 1 saturated heterocycles. The summed E-state index contributed by atoms with van der Waals surface area (Å²) in [4.78, 5) is 18.2. The zero-order valence-corrected chi connectivity index (χ0v) is 10.3. The third kappa shape index (κ3) is 1.79. The molecular formula is C14H15N3O. The first kappa shape index (κ1) is 11.0. The SMILES string of the molecule is CNC(=O)C1CN(c2ccc3ccccc3n2)C1. The molecule has 1 aromatic heterocycles. The average Bonchev–Trinajstić information content (AvgIpc) is 2.36. The van der Waals surface area contributed by atoms with Gasteiger partial charge in [0.25, 0.3) is 0 Å². The summed E-state index contributed by atoms with van der Waals surface area (Å²) in [6.07, 6.45) is 0. The molecule has 1 aliphatic rings. The fraction of sp³-hybridized carbons (Fsp3) is 0.286. The molecule has 1 aliphatic heterocycles. The van der Waals surface area contributed by atoms with Gasteiger partial charge in [-0.2, -0.15) is 0 Å². The molecule has 92 valence electrons. The lowest BCUT2D eigenvalue weighted by Crippen LogP contribution is -2.53. The van der Waals surface area contributed by atoms with Gasteiger partial charge in [0.1, 0.15) is 5.82 Å². The van der Waals surface area contributed by atoms with Gasteiger partial charge in [0.05, 0.1) is 11.4 Å². The minimum Gasteiger partial charge on any atom is -0.359 e. The largest absolute Gasteiger partial charge is 0.359 e. The lowest BCUT2D eigenvalue weighted by Gasteiger charge is -2.38. The highest BCUT2D eigenvalue weighted by Crippen LogP contribution is 2.24. The van der Waals surface area contributed by atoms with Gasteiger partial charge in [-0.25, -0.2) is 4.98 Å². The van der Waals surface area contributed by atoms with Gasteiger partial charge < -0.3 is 10.2 Å². The number of nitrogens with zero attached hydrogens (tertiary/aromatic N) is 2. The van der Waals surface area contributed by atoms with E-state index in [-0.39, 0.29) is 11.8 Å². The number of amides is 1. The summed E-state index contributed by atoms with van der Waals surface area (Å²) < 4.78 is 0. The summed E-state index contributed by atoms with van der Waals surface area (Å²) in [5.74, 6) is 1.17. The second-order valence-electron chi connectivity index (χ2n) is 4.58. The second kappa shape index (κ2) is 4.29. The molecule has 0 saturated carbocycles. The smallest absolute Gasteiger partial charge is 0.226 e. The normalized spacial score (nSPS) is 15.5. The van der Waals surface area contributed by atoms with E-state index in [9.17, 15) is 4.79 Å². The Morgan fingerprint density at radius 3 is 2.83 bits per heavy atom. The molecule has 0 radical (unpaired) electrons. The first-order valence-corrected chi connectivity index (χ1v) is 6.10. The zero-order valence-electron chi connectivity index (χ0n) is 10.3. The van der Waals surface area contributed by atoms with Gasteiger partial charge in [0, 0.05) is 25.5 Å². The Bertz CT molecular complexity index is 590. The van der Waals surface area contributed by atoms with E-state index in [0.717, 1.165) is 29.8 Å². The fourth-order valence-corrected chi connectivity index (χ4v) is 2.27. The van der Waals surface area contributed by atoms with Gasteiger partial charge in [-0.3, -0.25) is 4.79 Å². The number of carbonyl (C=O) groups is 1. The Hall–Kier alpha value is -2.10. The van der Waals surface area contributed by atoms with Crippen molar-refractivity contribution >= 4 is 22.6 Å². The number of hydrogen-bond donors (Lipinski definition) is 1. The average molecular weight is 241 g/mol. The fourth-order valence-electron chi connectivity index (χ4n) is 2.27. The van der Waals surface area contributed by atoms with Gasteiger partial charge in [0.2, 0.25) is 5.91 Å². The van der Waals surface area contributed by atoms with Crippen LogP contribution in [0, 0.1) is 5.92 Å². The monoisotopic (exact) mass is 241 g/mol. The highest BCUT2D eigenvalue weighted by atomic mass is 16.1. The van der Waals surface area contributed by atoms with Crippen molar-refractivity contribution in [2.24, 2.45) is 5.92 Å². The van der Waals surface area contributed by atoms with Gasteiger partial charge >= 0.3 is 0 Å². The lowest BCUT2D eigenvalue weighted by atomic mass is 9.99. The van der Waals surface area contributed by atoms with Crippen LogP contribution in [0.2, 0.25) is 0 Å². The molecule has 18 heavy (non-hydrogen) atoms. The highest BCUT2D eigenvalue weighted by Gasteiger charge is 2.32. The molecule has 0 bridgehead atoms. The number of fused-ring (bicyclic) bond motifs is 1. The van der Waals surface area contributed by atoms with Crippen LogP contribution in [0.4, 0.5) is 5.82 Å². The van der Waals surface area contributed by atoms with Gasteiger partial charge in [-0.15, -0.1) is 0 Å². The Kier molecular flexibility index (Phi) is 2.63. The van der Waals surface area contributed by atoms with Crippen LogP contribution in [0.5, 0.6) is 0 Å². The molecule has 1 fully saturated rings. The number of anilines is 1. The zero-order chi connectivity index (χ0) is 12.5. The van der Waals surface area contributed by atoms with Crippen molar-refractivity contribution in [3.63, 3.8) is 0 Å². The molecule has 1 N–H and O–H groups in total. The third-order valence-corrected chi connectivity index (χ3v) is 3.41. The van der Waals surface area contributed by atoms with Crippen molar-refractivity contribution in [1.29, 1.82) is 0 Å². The Morgan fingerprint density at radius 2 is 2.06 bits per heavy atom. The van der Waals surface area contributed by atoms with Crippen LogP contribution in [-0.4, -0.2) is 31.0 Å². The van der Waals surface area contributed by atoms with Crippen LogP contribution >= 0.6 is 0 Å². The molecule has 0 spiro atoms. The van der Waals surface area contributed by atoms with E-state index >= 15 is 0 Å². The first-order valence-electron chi connectivity index (χ1n) is 6.10. The number of nitrogens with one attached hydrogen (secondary N) is 1. The molecule has 0 unspecified atom stereocenters. The summed E-state index contributed by atoms with van der Waals surface area (Å²) in [7, 11) is 1.68. The van der Waals surface area contributed by atoms with Crippen molar-refractivity contribution in [2.45, 2.75) is 0 Å². The van der Waals surface area contributed by atoms with E-state index < -0.39 is 0 Å². The Morgan fingerprint density at radius 1 is 1.28 bits per heavy atom. The van der Waals surface area contributed by atoms with Gasteiger partial charge in [0.15, 0.2) is 0 Å². The minimum atomic E-state index is 0.100. The van der Waals surface area contributed by atoms with Crippen LogP contribution < -0.4 is 10.2 Å². The molecular weight excluding hydrogens is 226 g/mol. The predicted molar refractivity (Wildman–Crippen MR) is 71.5 cm³/mol. The standard InChI is InChI=1S/C14H15N3O/c1-15-14(18)11-8-17(9-11)13-7-6-10-4-2-3-5-12(10)16-13/h2-7,11H,8-9H2,1H3,(H,15,18). The Balaban J connectivity index is 1.78. The van der Waals surface area contributed by atoms with Crippen molar-refractivity contribution < 1.29 is 4.79 Å². The van der Waals surface area contributed by atoms with Crippen LogP contribution in [0.15, 0.2) is 36.4 Å². The molecule has 2 aromatic rings. The van der Waals surface area contributed by atoms with Crippen LogP contribution in [-0.2, 0) is 4.79 Å². The number of hydrogen-bond acceptors (Lipinski definition) is 3. The number of rotatable bonds is 2. The second-order valence-corrected chi connectivity index (χ2v) is 4.58. The molecule has 2 heterocycles. The van der Waals surface area contributed by atoms with E-state index in [1.807, 2.05) is 24.3 Å². The maximum atomic E-state index is 11.4. The van der Waals surface area contributed by atoms with Crippen LogP contribution in [0.1, 0.15) is 0 Å². The van der Waals surface area contributed by atoms with Crippen LogP contribution in [0.3, 0.4) is 0 Å². The summed E-state index contributed by atoms with van der Waals surface area (Å²) in [5, 5.41) is 3.83. The molecule has 3 rings (SSSR count). The molecule has 0 aliphatic carbocycles. The third-order valence-electron chi connectivity index (χ3n) is 3.41. The van der Waals surface area contributed by atoms with E-state index in [0.29, 0.717) is 0 Å². The number of benzene rings is 1. The van der Waals surface area contributed by atoms with E-state index in [2.05, 4.69) is 27.3 Å². The molecule has 1 aromatic carbocycles. The lowest BCUT2D eigenvalue weighted by molar-refractivity contribution is -0.125. The first-order chi connectivity index (χ1) is 8.78. The van der Waals surface area contributed by atoms with Crippen molar-refractivity contribution in [2.75, 3.05) is 25.0 Å². The maximum absolute atomic E-state index is 11.4. The van der Waals surface area contributed by atoms with E-state index in [1.165, 1.54) is 0 Å². The quantitative estimate of drug-likeness (QED) is 0.864. The molecule has 4 nitrogen and oxygen atoms in total. The number of aromatic nitrogens is 1. The summed E-state index contributed by atoms with van der Waals surface area (Å²) in [5.41, 5.74) is 0.999. The number of pyridine rings is 1. The van der Waals surface area contributed by atoms with Crippen molar-refractivity contribution in [3.05, 3.63) is 36.4 Å². The molecule has 0 atom stereocenters. The summed E-state index contributed by atoms with van der Waals surface area (Å²) >= 11 is 0. The maximum Gasteiger partial charge on any atom is 0.226 e. The van der Waals surface area contributed by atoms with Gasteiger partial charge in [-0.1, -0.05) is 18.2 Å². The summed E-state index contributed by atoms with van der Waals surface area (Å²) in [6.45, 7) is 1.51. The van der Waals surface area contributed by atoms with Crippen molar-refractivity contribution in [3.8, 4) is 0 Å². The number of carbonyl (C=O) groups excluding carboxylic acids is 1. The Labute approximate surface area is 106 Å². The minimum absolute atomic E-state index is 0.100. The molecule has 4 heteroatoms. The summed E-state index contributed by atoms with van der Waals surface area (Å²) in [6, 6.07) is 12.1. The highest BCUT2D eigenvalue weighted by molar-refractivity contribution is 5.83. The number of para-hydroxylation sites is 1.